The highest BCUT2D eigenvalue weighted by Gasteiger charge is 2.56. The number of alkyl halides is 4. The largest absolute Gasteiger partial charge is 0.275 e. The van der Waals surface area contributed by atoms with E-state index in [1.165, 1.54) is 74.7 Å². The van der Waals surface area contributed by atoms with Gasteiger partial charge in [0.25, 0.3) is 5.92 Å². The number of pyridine rings is 1. The average Bonchev–Trinajstić information content (AvgIpc) is 4.16. The molecule has 0 N–H and O–H groups in total. The molecule has 0 fully saturated rings. The van der Waals surface area contributed by atoms with Crippen molar-refractivity contribution in [3.8, 4) is 0 Å². The molecule has 5 aliphatic rings. The fraction of sp³-hybridized carbons (Fsp3) is 0.306. The summed E-state index contributed by atoms with van der Waals surface area (Å²) in [5, 5.41) is -1.64. The van der Waals surface area contributed by atoms with E-state index in [2.05, 4.69) is 85.6 Å². The SMILES string of the molecule is C=S1(=O)CCC(F)(F)c2cc(C)ccc21.C=S1(=O)CCc2cc(C)c(C)cc21.C=S1(=O)CCc2cc(C)ccc21.C=S1(=O)CCc2ccc(C)cc21.Cc1ccc2c(c1)C(F)C(C)(F)S2(=O)=O.Cc1ccc2ccccc2n1. The van der Waals surface area contributed by atoms with Gasteiger partial charge in [-0.3, -0.25) is 21.8 Å². The molecule has 6 heterocycles. The van der Waals surface area contributed by atoms with E-state index in [1.807, 2.05) is 62.4 Å². The van der Waals surface area contributed by atoms with E-state index in [9.17, 15) is 42.8 Å². The molecular weight excluding hydrogens is 1090 g/mol. The molecule has 6 unspecified atom stereocenters. The zero-order valence-corrected chi connectivity index (χ0v) is 49.6. The van der Waals surface area contributed by atoms with Gasteiger partial charge in [-0.15, -0.1) is 0 Å². The third-order valence-corrected chi connectivity index (χ3v) is 24.9. The zero-order valence-electron chi connectivity index (χ0n) is 45.6. The quantitative estimate of drug-likeness (QED) is 0.110. The van der Waals surface area contributed by atoms with E-state index in [0.717, 1.165) is 74.9 Å². The first-order valence-corrected chi connectivity index (χ1v) is 34.4. The Morgan fingerprint density at radius 3 is 1.60 bits per heavy atom. The first-order valence-electron chi connectivity index (χ1n) is 25.4. The first kappa shape index (κ1) is 60.1. The predicted octanol–water partition coefficient (Wildman–Crippen LogP) is 12.8. The summed E-state index contributed by atoms with van der Waals surface area (Å²) in [7, 11) is -12.5. The van der Waals surface area contributed by atoms with Crippen LogP contribution in [0.25, 0.3) is 10.9 Å². The van der Waals surface area contributed by atoms with E-state index in [-0.39, 0.29) is 33.1 Å². The summed E-state index contributed by atoms with van der Waals surface area (Å²) in [6.45, 7) is 14.5. The van der Waals surface area contributed by atoms with Crippen LogP contribution in [0, 0.1) is 48.5 Å². The molecule has 0 radical (unpaired) electrons. The van der Waals surface area contributed by atoms with Crippen molar-refractivity contribution in [1.82, 2.24) is 4.98 Å². The van der Waals surface area contributed by atoms with Gasteiger partial charge in [-0.2, -0.15) is 0 Å². The molecule has 5 aliphatic heterocycles. The van der Waals surface area contributed by atoms with E-state index in [4.69, 9.17) is 0 Å². The second-order valence-electron chi connectivity index (χ2n) is 21.1. The molecule has 0 spiro atoms. The van der Waals surface area contributed by atoms with Crippen LogP contribution in [-0.4, -0.2) is 81.7 Å². The minimum atomic E-state index is -4.19. The Kier molecular flexibility index (Phi) is 17.4. The Morgan fingerprint density at radius 2 is 0.962 bits per heavy atom. The molecule has 6 atom stereocenters. The van der Waals surface area contributed by atoms with Crippen LogP contribution in [0.4, 0.5) is 17.6 Å². The number of rotatable bonds is 0. The van der Waals surface area contributed by atoms with Crippen LogP contribution in [0.1, 0.15) is 86.4 Å². The molecule has 0 amide bonds. The summed E-state index contributed by atoms with van der Waals surface area (Å²) >= 11 is 0. The maximum Gasteiger partial charge on any atom is 0.275 e. The highest BCUT2D eigenvalue weighted by atomic mass is 32.2. The van der Waals surface area contributed by atoms with Gasteiger partial charge in [-0.1, -0.05) is 89.5 Å². The molecular formula is C62H69F4NO6S5. The Balaban J connectivity index is 0.000000136. The molecule has 0 bridgehead atoms. The molecule has 7 aromatic rings. The van der Waals surface area contributed by atoms with Crippen LogP contribution in [0.3, 0.4) is 0 Å². The van der Waals surface area contributed by atoms with Crippen molar-refractivity contribution < 1.29 is 42.8 Å². The number of nitrogens with zero attached hydrogens (tertiary/aromatic N) is 1. The van der Waals surface area contributed by atoms with Crippen molar-refractivity contribution in [1.29, 1.82) is 0 Å². The first-order chi connectivity index (χ1) is 36.2. The van der Waals surface area contributed by atoms with Crippen molar-refractivity contribution in [2.24, 2.45) is 0 Å². The lowest BCUT2D eigenvalue weighted by atomic mass is 10.0. The Hall–Kier alpha value is -5.52. The number of hydrogen-bond donors (Lipinski definition) is 0. The van der Waals surface area contributed by atoms with Gasteiger partial charge in [0.2, 0.25) is 14.8 Å². The molecule has 0 aliphatic carbocycles. The second kappa shape index (κ2) is 22.6. The highest BCUT2D eigenvalue weighted by molar-refractivity contribution is 8.01. The minimum absolute atomic E-state index is 0.0317. The van der Waals surface area contributed by atoms with Gasteiger partial charge >= 0.3 is 0 Å². The zero-order chi connectivity index (χ0) is 57.6. The second-order valence-corrected chi connectivity index (χ2v) is 33.2. The van der Waals surface area contributed by atoms with Crippen LogP contribution in [-0.2, 0) is 73.1 Å². The Bertz CT molecular complexity index is 4060. The number of fused-ring (bicyclic) bond motifs is 6. The lowest BCUT2D eigenvalue weighted by molar-refractivity contribution is -0.0122. The summed E-state index contributed by atoms with van der Waals surface area (Å²) in [4.78, 5) is 7.34. The normalized spacial score (nSPS) is 25.9. The molecule has 7 nitrogen and oxygen atoms in total. The molecule has 416 valence electrons. The highest BCUT2D eigenvalue weighted by Crippen LogP contribution is 2.50. The summed E-state index contributed by atoms with van der Waals surface area (Å²) in [6, 6.07) is 37.5. The molecule has 16 heteroatoms. The molecule has 78 heavy (non-hydrogen) atoms. The van der Waals surface area contributed by atoms with Crippen LogP contribution >= 0.6 is 0 Å². The average molecular weight is 1160 g/mol. The topological polar surface area (TPSA) is 115 Å². The van der Waals surface area contributed by atoms with Crippen molar-refractivity contribution in [3.05, 3.63) is 188 Å². The van der Waals surface area contributed by atoms with E-state index in [1.54, 1.807) is 19.9 Å². The fourth-order valence-electron chi connectivity index (χ4n) is 9.73. The summed E-state index contributed by atoms with van der Waals surface area (Å²) in [5.41, 5.74) is 12.1. The van der Waals surface area contributed by atoms with Gasteiger partial charge in [-0.05, 0) is 218 Å². The van der Waals surface area contributed by atoms with Crippen LogP contribution < -0.4 is 0 Å². The fourth-order valence-corrected chi connectivity index (χ4v) is 18.3. The van der Waals surface area contributed by atoms with E-state index >= 15 is 0 Å². The van der Waals surface area contributed by atoms with Gasteiger partial charge < -0.3 is 0 Å². The summed E-state index contributed by atoms with van der Waals surface area (Å²) in [5.74, 6) is 14.2. The Labute approximate surface area is 460 Å². The van der Waals surface area contributed by atoms with Crippen molar-refractivity contribution in [2.75, 3.05) is 23.0 Å². The van der Waals surface area contributed by atoms with Crippen LogP contribution in [0.2, 0.25) is 0 Å². The number of aryl methyl sites for hydroxylation is 10. The lowest BCUT2D eigenvalue weighted by Gasteiger charge is -2.27. The summed E-state index contributed by atoms with van der Waals surface area (Å²) < 4.78 is 125. The van der Waals surface area contributed by atoms with Gasteiger partial charge in [0.1, 0.15) is 0 Å². The number of halogens is 4. The van der Waals surface area contributed by atoms with Crippen LogP contribution in [0.15, 0.2) is 146 Å². The number of para-hydroxylation sites is 1. The number of aromatic nitrogens is 1. The lowest BCUT2D eigenvalue weighted by Crippen LogP contribution is -2.28. The molecule has 0 saturated heterocycles. The van der Waals surface area contributed by atoms with Crippen LogP contribution in [0.5, 0.6) is 0 Å². The standard InChI is InChI=1S/C11H12F2OS.C11H14OS.C10H10F2O2S.C10H9N.2C10H12OS/c1-8-3-4-10-9(7-8)11(12,13)5-6-15(10,2)14;1-8-6-10-4-5-13(3,12)11(10)7-9(8)2;1-6-3-4-8-7(5-6)9(11)10(2,12)15(8,13)14;1-8-6-7-9-4-2-3-5-10(9)11-8;1-8-3-4-10-9(7-8)5-6-12(10,2)11;1-8-3-4-9-5-6-12(2,11)10(9)7-8/h3-4,7H,2,5-6H2,1H3;6-7H,3-5H2,1-2H3;3-5,9H,1-2H3;2-7H,1H3;2*3-4,7H,2,5-6H2,1H3. The molecule has 1 aromatic heterocycles. The molecule has 6 aromatic carbocycles. The maximum absolute atomic E-state index is 13.7. The monoisotopic (exact) mass is 1160 g/mol. The maximum atomic E-state index is 13.7. The van der Waals surface area contributed by atoms with E-state index < -0.39 is 65.0 Å². The number of benzene rings is 6. The van der Waals surface area contributed by atoms with Gasteiger partial charge in [0.15, 0.2) is 6.17 Å². The smallest absolute Gasteiger partial charge is 0.263 e. The Morgan fingerprint density at radius 1 is 0.487 bits per heavy atom. The van der Waals surface area contributed by atoms with Crippen molar-refractivity contribution >= 4 is 82.3 Å². The van der Waals surface area contributed by atoms with Gasteiger partial charge in [0.05, 0.1) is 10.4 Å². The number of sulfone groups is 1. The van der Waals surface area contributed by atoms with E-state index in [0.29, 0.717) is 5.56 Å². The third-order valence-electron chi connectivity index (χ3n) is 14.5. The molecule has 0 saturated carbocycles. The number of hydrogen-bond acceptors (Lipinski definition) is 7. The van der Waals surface area contributed by atoms with Gasteiger partial charge in [-0.25, -0.2) is 26.0 Å². The van der Waals surface area contributed by atoms with Crippen molar-refractivity contribution in [3.63, 3.8) is 0 Å². The van der Waals surface area contributed by atoms with Gasteiger partial charge in [0, 0.05) is 71.2 Å². The summed E-state index contributed by atoms with van der Waals surface area (Å²) in [6.07, 6.45) is 0.319. The molecule has 12 rings (SSSR count). The third kappa shape index (κ3) is 12.9. The minimum Gasteiger partial charge on any atom is -0.263 e. The van der Waals surface area contributed by atoms with Crippen molar-refractivity contribution in [2.45, 2.75) is 123 Å². The predicted molar refractivity (Wildman–Crippen MR) is 321 cm³/mol.